The standard InChI is InChI=1S/C19H24ClNO4/c1-5-24-17(22)14-10-11-21(18(23)25-19(2,3)4)12-15(14)13-8-6-7-9-16(13)20/h6-9H,5,10-12H2,1-4H3. The number of esters is 1. The lowest BCUT2D eigenvalue weighted by molar-refractivity contribution is -0.138. The van der Waals surface area contributed by atoms with Crippen molar-refractivity contribution in [1.82, 2.24) is 4.90 Å². The fourth-order valence-corrected chi connectivity index (χ4v) is 2.89. The molecule has 0 saturated carbocycles. The van der Waals surface area contributed by atoms with Crippen LogP contribution in [0.2, 0.25) is 5.02 Å². The molecule has 0 bridgehead atoms. The van der Waals surface area contributed by atoms with Crippen LogP contribution in [0.15, 0.2) is 29.8 Å². The molecule has 1 aromatic carbocycles. The van der Waals surface area contributed by atoms with Crippen molar-refractivity contribution in [3.63, 3.8) is 0 Å². The third-order valence-corrected chi connectivity index (χ3v) is 4.05. The summed E-state index contributed by atoms with van der Waals surface area (Å²) in [5, 5.41) is 0.533. The second kappa shape index (κ2) is 7.91. The maximum atomic E-state index is 12.4. The van der Waals surface area contributed by atoms with Gasteiger partial charge in [-0.1, -0.05) is 29.8 Å². The Bertz CT molecular complexity index is 691. The van der Waals surface area contributed by atoms with Gasteiger partial charge in [0.2, 0.25) is 0 Å². The first kappa shape index (κ1) is 19.3. The molecule has 0 unspecified atom stereocenters. The van der Waals surface area contributed by atoms with Crippen LogP contribution in [0.1, 0.15) is 39.7 Å². The summed E-state index contributed by atoms with van der Waals surface area (Å²) in [6.45, 7) is 8.19. The van der Waals surface area contributed by atoms with Gasteiger partial charge >= 0.3 is 12.1 Å². The predicted molar refractivity (Wildman–Crippen MR) is 97.4 cm³/mol. The minimum Gasteiger partial charge on any atom is -0.463 e. The third kappa shape index (κ3) is 4.98. The first-order valence-corrected chi connectivity index (χ1v) is 8.72. The summed E-state index contributed by atoms with van der Waals surface area (Å²) in [5.74, 6) is -0.360. The summed E-state index contributed by atoms with van der Waals surface area (Å²) in [6.07, 6.45) is -0.00139. The van der Waals surface area contributed by atoms with E-state index < -0.39 is 11.7 Å². The second-order valence-electron chi connectivity index (χ2n) is 6.81. The Morgan fingerprint density at radius 2 is 1.92 bits per heavy atom. The van der Waals surface area contributed by atoms with E-state index >= 15 is 0 Å². The van der Waals surface area contributed by atoms with Crippen molar-refractivity contribution >= 4 is 29.2 Å². The Kier molecular flexibility index (Phi) is 6.11. The number of rotatable bonds is 3. The summed E-state index contributed by atoms with van der Waals surface area (Å²) in [4.78, 5) is 26.3. The molecule has 6 heteroatoms. The SMILES string of the molecule is CCOC(=O)C1=C(c2ccccc2Cl)CN(C(=O)OC(C)(C)C)CC1. The van der Waals surface area contributed by atoms with Crippen molar-refractivity contribution in [1.29, 1.82) is 0 Å². The molecule has 5 nitrogen and oxygen atoms in total. The van der Waals surface area contributed by atoms with Crippen LogP contribution < -0.4 is 0 Å². The Morgan fingerprint density at radius 3 is 2.52 bits per heavy atom. The summed E-state index contributed by atoms with van der Waals surface area (Å²) in [5.41, 5.74) is 1.43. The maximum Gasteiger partial charge on any atom is 0.410 e. The second-order valence-corrected chi connectivity index (χ2v) is 7.22. The van der Waals surface area contributed by atoms with Crippen molar-refractivity contribution in [3.8, 4) is 0 Å². The molecular formula is C19H24ClNO4. The largest absolute Gasteiger partial charge is 0.463 e. The first-order chi connectivity index (χ1) is 11.7. The zero-order valence-electron chi connectivity index (χ0n) is 15.1. The van der Waals surface area contributed by atoms with Gasteiger partial charge in [-0.3, -0.25) is 0 Å². The number of carbonyl (C=O) groups excluding carboxylic acids is 2. The molecule has 1 amide bonds. The average molecular weight is 366 g/mol. The van der Waals surface area contributed by atoms with E-state index in [0.29, 0.717) is 35.7 Å². The zero-order valence-corrected chi connectivity index (χ0v) is 15.9. The van der Waals surface area contributed by atoms with Crippen LogP contribution in [0, 0.1) is 0 Å². The van der Waals surface area contributed by atoms with Crippen LogP contribution in [0.4, 0.5) is 4.79 Å². The molecule has 0 saturated heterocycles. The van der Waals surface area contributed by atoms with Crippen LogP contribution in [0.25, 0.3) is 5.57 Å². The number of ether oxygens (including phenoxy) is 2. The van der Waals surface area contributed by atoms with Gasteiger partial charge in [0.25, 0.3) is 0 Å². The van der Waals surface area contributed by atoms with Gasteiger partial charge < -0.3 is 14.4 Å². The summed E-state index contributed by atoms with van der Waals surface area (Å²) < 4.78 is 10.6. The number of carbonyl (C=O) groups is 2. The van der Waals surface area contributed by atoms with Crippen LogP contribution in [0.3, 0.4) is 0 Å². The molecular weight excluding hydrogens is 342 g/mol. The van der Waals surface area contributed by atoms with Crippen LogP contribution in [0.5, 0.6) is 0 Å². The van der Waals surface area contributed by atoms with Gasteiger partial charge in [-0.15, -0.1) is 0 Å². The molecule has 0 fully saturated rings. The molecule has 0 aromatic heterocycles. The van der Waals surface area contributed by atoms with Gasteiger partial charge in [-0.2, -0.15) is 0 Å². The monoisotopic (exact) mass is 365 g/mol. The first-order valence-electron chi connectivity index (χ1n) is 8.35. The number of amides is 1. The van der Waals surface area contributed by atoms with Crippen molar-refractivity contribution < 1.29 is 19.1 Å². The van der Waals surface area contributed by atoms with Crippen LogP contribution in [-0.2, 0) is 14.3 Å². The van der Waals surface area contributed by atoms with E-state index in [0.717, 1.165) is 5.56 Å². The van der Waals surface area contributed by atoms with E-state index in [4.69, 9.17) is 21.1 Å². The van der Waals surface area contributed by atoms with Gasteiger partial charge in [-0.25, -0.2) is 9.59 Å². The summed E-state index contributed by atoms with van der Waals surface area (Å²) in [6, 6.07) is 7.28. The molecule has 25 heavy (non-hydrogen) atoms. The molecule has 0 atom stereocenters. The lowest BCUT2D eigenvalue weighted by Gasteiger charge is -2.32. The smallest absolute Gasteiger partial charge is 0.410 e. The molecule has 1 aliphatic heterocycles. The number of hydrogen-bond donors (Lipinski definition) is 0. The molecule has 1 aliphatic rings. The Hall–Kier alpha value is -2.01. The lowest BCUT2D eigenvalue weighted by atomic mass is 9.94. The van der Waals surface area contributed by atoms with Crippen molar-refractivity contribution in [2.75, 3.05) is 19.7 Å². The Balaban J connectivity index is 2.36. The van der Waals surface area contributed by atoms with Gasteiger partial charge in [-0.05, 0) is 51.3 Å². The maximum absolute atomic E-state index is 12.4. The summed E-state index contributed by atoms with van der Waals surface area (Å²) in [7, 11) is 0. The molecule has 0 aliphatic carbocycles. The highest BCUT2D eigenvalue weighted by Crippen LogP contribution is 2.32. The van der Waals surface area contributed by atoms with Gasteiger partial charge in [0.1, 0.15) is 5.60 Å². The van der Waals surface area contributed by atoms with E-state index in [9.17, 15) is 9.59 Å². The molecule has 1 heterocycles. The van der Waals surface area contributed by atoms with E-state index in [1.165, 1.54) is 0 Å². The quantitative estimate of drug-likeness (QED) is 0.749. The highest BCUT2D eigenvalue weighted by Gasteiger charge is 2.31. The number of hydrogen-bond acceptors (Lipinski definition) is 4. The van der Waals surface area contributed by atoms with E-state index in [1.807, 2.05) is 39.0 Å². The predicted octanol–water partition coefficient (Wildman–Crippen LogP) is 4.30. The minimum atomic E-state index is -0.577. The number of halogens is 1. The van der Waals surface area contributed by atoms with Crippen molar-refractivity contribution in [2.45, 2.75) is 39.7 Å². The van der Waals surface area contributed by atoms with Gasteiger partial charge in [0, 0.05) is 17.1 Å². The lowest BCUT2D eigenvalue weighted by Crippen LogP contribution is -2.41. The van der Waals surface area contributed by atoms with Crippen molar-refractivity contribution in [2.24, 2.45) is 0 Å². The Morgan fingerprint density at radius 1 is 1.24 bits per heavy atom. The molecule has 0 N–H and O–H groups in total. The van der Waals surface area contributed by atoms with Gasteiger partial charge in [0.15, 0.2) is 0 Å². The number of nitrogens with zero attached hydrogens (tertiary/aromatic N) is 1. The van der Waals surface area contributed by atoms with Crippen LogP contribution >= 0.6 is 11.6 Å². The highest BCUT2D eigenvalue weighted by molar-refractivity contribution is 6.32. The zero-order chi connectivity index (χ0) is 18.6. The fourth-order valence-electron chi connectivity index (χ4n) is 2.64. The van der Waals surface area contributed by atoms with Gasteiger partial charge in [0.05, 0.1) is 13.2 Å². The molecule has 2 rings (SSSR count). The third-order valence-electron chi connectivity index (χ3n) is 3.72. The average Bonchev–Trinajstić information content (AvgIpc) is 2.53. The van der Waals surface area contributed by atoms with Crippen LogP contribution in [-0.4, -0.2) is 42.3 Å². The normalized spacial score (nSPS) is 15.2. The topological polar surface area (TPSA) is 55.8 Å². The minimum absolute atomic E-state index is 0.257. The highest BCUT2D eigenvalue weighted by atomic mass is 35.5. The Labute approximate surface area is 153 Å². The molecule has 1 aromatic rings. The van der Waals surface area contributed by atoms with E-state index in [2.05, 4.69) is 0 Å². The fraction of sp³-hybridized carbons (Fsp3) is 0.474. The van der Waals surface area contributed by atoms with Crippen molar-refractivity contribution in [3.05, 3.63) is 40.4 Å². The number of benzene rings is 1. The summed E-state index contributed by atoms with van der Waals surface area (Å²) >= 11 is 6.32. The molecule has 0 radical (unpaired) electrons. The molecule has 0 spiro atoms. The van der Waals surface area contributed by atoms with E-state index in [-0.39, 0.29) is 12.5 Å². The van der Waals surface area contributed by atoms with E-state index in [1.54, 1.807) is 17.9 Å². The molecule has 136 valence electrons.